The monoisotopic (exact) mass is 433 g/mol. The summed E-state index contributed by atoms with van der Waals surface area (Å²) in [4.78, 5) is 14.2. The van der Waals surface area contributed by atoms with Crippen LogP contribution in [0.5, 0.6) is 11.5 Å². The Labute approximate surface area is 160 Å². The molecule has 8 heteroatoms. The Kier molecular flexibility index (Phi) is 7.34. The second kappa shape index (κ2) is 9.03. The van der Waals surface area contributed by atoms with Crippen LogP contribution in [-0.2, 0) is 16.0 Å². The molecule has 132 valence electrons. The number of ether oxygens (including phenoxy) is 3. The number of rotatable bonds is 8. The summed E-state index contributed by atoms with van der Waals surface area (Å²) in [7, 11) is 3.21. The van der Waals surface area contributed by atoms with Crippen LogP contribution in [0.1, 0.15) is 12.5 Å². The molecule has 5 nitrogen and oxygen atoms in total. The van der Waals surface area contributed by atoms with E-state index in [-0.39, 0.29) is 11.2 Å². The lowest BCUT2D eigenvalue weighted by molar-refractivity contribution is -0.126. The summed E-state index contributed by atoms with van der Waals surface area (Å²) in [6, 6.07) is 3.78. The van der Waals surface area contributed by atoms with Crippen molar-refractivity contribution in [1.29, 1.82) is 0 Å². The van der Waals surface area contributed by atoms with Gasteiger partial charge in [-0.25, -0.2) is 0 Å². The van der Waals surface area contributed by atoms with Crippen LogP contribution in [0.2, 0.25) is 0 Å². The van der Waals surface area contributed by atoms with Crippen LogP contribution in [0.4, 0.5) is 0 Å². The average Bonchev–Trinajstić information content (AvgIpc) is 2.82. The van der Waals surface area contributed by atoms with Gasteiger partial charge in [0.05, 0.1) is 32.1 Å². The van der Waals surface area contributed by atoms with Crippen molar-refractivity contribution < 1.29 is 19.0 Å². The topological polar surface area (TPSA) is 48.0 Å². The van der Waals surface area contributed by atoms with E-state index in [9.17, 15) is 4.79 Å². The van der Waals surface area contributed by atoms with Crippen molar-refractivity contribution in [3.63, 3.8) is 0 Å². The number of amides is 1. The first-order chi connectivity index (χ1) is 11.5. The SMILES string of the molecule is CCOc1cc(C[C@@H]2SC(=S)N(CCOC)C2=O)c(Br)cc1OC. The van der Waals surface area contributed by atoms with E-state index in [4.69, 9.17) is 26.4 Å². The molecule has 0 aromatic heterocycles. The molecule has 1 aromatic rings. The number of thioether (sulfide) groups is 1. The molecule has 0 spiro atoms. The highest BCUT2D eigenvalue weighted by Crippen LogP contribution is 2.37. The van der Waals surface area contributed by atoms with Crippen molar-refractivity contribution in [2.75, 3.05) is 34.0 Å². The Morgan fingerprint density at radius 3 is 2.71 bits per heavy atom. The zero-order valence-corrected chi connectivity index (χ0v) is 17.1. The third-order valence-corrected chi connectivity index (χ3v) is 5.88. The Balaban J connectivity index is 2.17. The number of hydrogen-bond donors (Lipinski definition) is 0. The fourth-order valence-corrected chi connectivity index (χ4v) is 4.43. The van der Waals surface area contributed by atoms with Crippen molar-refractivity contribution in [3.8, 4) is 11.5 Å². The highest BCUT2D eigenvalue weighted by molar-refractivity contribution is 9.10. The molecule has 0 aliphatic carbocycles. The Morgan fingerprint density at radius 2 is 2.08 bits per heavy atom. The summed E-state index contributed by atoms with van der Waals surface area (Å²) < 4.78 is 17.5. The van der Waals surface area contributed by atoms with E-state index in [0.717, 1.165) is 10.0 Å². The van der Waals surface area contributed by atoms with E-state index in [0.29, 0.717) is 42.0 Å². The molecule has 1 aliphatic rings. The lowest BCUT2D eigenvalue weighted by atomic mass is 10.1. The van der Waals surface area contributed by atoms with Gasteiger partial charge in [-0.1, -0.05) is 39.9 Å². The van der Waals surface area contributed by atoms with Gasteiger partial charge in [-0.2, -0.15) is 0 Å². The molecule has 2 rings (SSSR count). The second-order valence-electron chi connectivity index (χ2n) is 5.09. The predicted octanol–water partition coefficient (Wildman–Crippen LogP) is 3.27. The molecule has 1 aromatic carbocycles. The van der Waals surface area contributed by atoms with E-state index in [1.54, 1.807) is 19.1 Å². The van der Waals surface area contributed by atoms with Crippen molar-refractivity contribution in [2.45, 2.75) is 18.6 Å². The van der Waals surface area contributed by atoms with E-state index in [1.807, 2.05) is 19.1 Å². The Bertz CT molecular complexity index is 626. The minimum absolute atomic E-state index is 0.0303. The maximum absolute atomic E-state index is 12.6. The van der Waals surface area contributed by atoms with Gasteiger partial charge < -0.3 is 14.2 Å². The molecule has 1 fully saturated rings. The van der Waals surface area contributed by atoms with E-state index < -0.39 is 0 Å². The van der Waals surface area contributed by atoms with Gasteiger partial charge in [0.2, 0.25) is 5.91 Å². The fourth-order valence-electron chi connectivity index (χ4n) is 2.37. The lowest BCUT2D eigenvalue weighted by Crippen LogP contribution is -2.34. The average molecular weight is 434 g/mol. The molecule has 1 aliphatic heterocycles. The van der Waals surface area contributed by atoms with Gasteiger partial charge in [-0.3, -0.25) is 9.69 Å². The Hall–Kier alpha value is -0.830. The standard InChI is InChI=1S/C16H20BrNO4S2/c1-4-22-13-7-10(11(17)9-12(13)21-3)8-14-15(19)18(5-6-20-2)16(23)24-14/h7,9,14H,4-6,8H2,1-3H3/t14-/m0/s1. The maximum Gasteiger partial charge on any atom is 0.242 e. The van der Waals surface area contributed by atoms with Crippen LogP contribution in [0.3, 0.4) is 0 Å². The quantitative estimate of drug-likeness (QED) is 0.586. The molecular weight excluding hydrogens is 414 g/mol. The molecule has 0 saturated carbocycles. The number of benzene rings is 1. The summed E-state index contributed by atoms with van der Waals surface area (Å²) in [6.45, 7) is 3.43. The minimum atomic E-state index is -0.228. The van der Waals surface area contributed by atoms with Gasteiger partial charge in [-0.15, -0.1) is 0 Å². The largest absolute Gasteiger partial charge is 0.493 e. The molecule has 0 unspecified atom stereocenters. The first kappa shape index (κ1) is 19.5. The van der Waals surface area contributed by atoms with Gasteiger partial charge in [0.15, 0.2) is 11.5 Å². The zero-order chi connectivity index (χ0) is 17.7. The number of halogens is 1. The number of nitrogens with zero attached hydrogens (tertiary/aromatic N) is 1. The molecule has 1 amide bonds. The third-order valence-electron chi connectivity index (χ3n) is 3.56. The number of carbonyl (C=O) groups excluding carboxylic acids is 1. The van der Waals surface area contributed by atoms with Gasteiger partial charge in [-0.05, 0) is 31.0 Å². The number of thiocarbonyl (C=S) groups is 1. The summed E-state index contributed by atoms with van der Waals surface area (Å²) in [5.74, 6) is 1.37. The molecule has 0 radical (unpaired) electrons. The molecule has 24 heavy (non-hydrogen) atoms. The van der Waals surface area contributed by atoms with Gasteiger partial charge in [0.25, 0.3) is 0 Å². The highest BCUT2D eigenvalue weighted by atomic mass is 79.9. The van der Waals surface area contributed by atoms with Crippen molar-refractivity contribution in [2.24, 2.45) is 0 Å². The second-order valence-corrected chi connectivity index (χ2v) is 7.78. The lowest BCUT2D eigenvalue weighted by Gasteiger charge is -2.16. The molecular formula is C16H20BrNO4S2. The predicted molar refractivity (Wildman–Crippen MR) is 103 cm³/mol. The van der Waals surface area contributed by atoms with Crippen LogP contribution >= 0.6 is 39.9 Å². The van der Waals surface area contributed by atoms with E-state index in [2.05, 4.69) is 15.9 Å². The van der Waals surface area contributed by atoms with Crippen molar-refractivity contribution in [1.82, 2.24) is 4.90 Å². The third kappa shape index (κ3) is 4.41. The normalized spacial score (nSPS) is 17.5. The van der Waals surface area contributed by atoms with Gasteiger partial charge in [0, 0.05) is 11.6 Å². The number of methoxy groups -OCH3 is 2. The van der Waals surface area contributed by atoms with Gasteiger partial charge >= 0.3 is 0 Å². The van der Waals surface area contributed by atoms with E-state index in [1.165, 1.54) is 11.8 Å². The molecule has 0 N–H and O–H groups in total. The Morgan fingerprint density at radius 1 is 1.33 bits per heavy atom. The fraction of sp³-hybridized carbons (Fsp3) is 0.500. The highest BCUT2D eigenvalue weighted by Gasteiger charge is 2.37. The first-order valence-electron chi connectivity index (χ1n) is 7.51. The van der Waals surface area contributed by atoms with Crippen LogP contribution in [0.15, 0.2) is 16.6 Å². The summed E-state index contributed by atoms with van der Waals surface area (Å²) in [5, 5.41) is -0.228. The number of carbonyl (C=O) groups is 1. The van der Waals surface area contributed by atoms with Gasteiger partial charge in [0.1, 0.15) is 4.32 Å². The first-order valence-corrected chi connectivity index (χ1v) is 9.60. The van der Waals surface area contributed by atoms with Crippen LogP contribution in [0.25, 0.3) is 0 Å². The number of hydrogen-bond acceptors (Lipinski definition) is 6. The van der Waals surface area contributed by atoms with Crippen LogP contribution in [0, 0.1) is 0 Å². The zero-order valence-electron chi connectivity index (χ0n) is 13.8. The summed E-state index contributed by atoms with van der Waals surface area (Å²) >= 11 is 10.3. The molecule has 1 heterocycles. The van der Waals surface area contributed by atoms with E-state index >= 15 is 0 Å². The minimum Gasteiger partial charge on any atom is -0.493 e. The molecule has 1 atom stereocenters. The molecule has 0 bridgehead atoms. The van der Waals surface area contributed by atoms with Crippen LogP contribution in [-0.4, -0.2) is 54.4 Å². The van der Waals surface area contributed by atoms with Crippen molar-refractivity contribution in [3.05, 3.63) is 22.2 Å². The summed E-state index contributed by atoms with van der Waals surface area (Å²) in [5.41, 5.74) is 0.987. The maximum atomic E-state index is 12.6. The summed E-state index contributed by atoms with van der Waals surface area (Å²) in [6.07, 6.45) is 0.567. The van der Waals surface area contributed by atoms with Crippen molar-refractivity contribution >= 4 is 50.1 Å². The van der Waals surface area contributed by atoms with Crippen LogP contribution < -0.4 is 9.47 Å². The molecule has 1 saturated heterocycles. The smallest absolute Gasteiger partial charge is 0.242 e.